The van der Waals surface area contributed by atoms with Crippen molar-refractivity contribution in [1.29, 1.82) is 0 Å². The molecule has 2 rings (SSSR count). The van der Waals surface area contributed by atoms with E-state index in [4.69, 9.17) is 0 Å². The molecule has 1 heteroatoms. The first-order valence-electron chi connectivity index (χ1n) is 9.82. The topological polar surface area (TPSA) is 17.1 Å². The molecular weight excluding hydrogens is 292 g/mol. The summed E-state index contributed by atoms with van der Waals surface area (Å²) in [6.45, 7) is 2.27. The number of rotatable bonds is 12. The number of benzene rings is 2. The van der Waals surface area contributed by atoms with Crippen LogP contribution < -0.4 is 0 Å². The van der Waals surface area contributed by atoms with Crippen molar-refractivity contribution in [1.82, 2.24) is 0 Å². The second-order valence-corrected chi connectivity index (χ2v) is 6.91. The molecule has 0 aliphatic rings. The summed E-state index contributed by atoms with van der Waals surface area (Å²) in [5, 5.41) is 2.25. The second kappa shape index (κ2) is 11.0. The summed E-state index contributed by atoms with van der Waals surface area (Å²) in [7, 11) is 0. The number of carbonyl (C=O) groups excluding carboxylic acids is 1. The first kappa shape index (κ1) is 18.7. The normalized spacial score (nSPS) is 11.0. The summed E-state index contributed by atoms with van der Waals surface area (Å²) in [6, 6.07) is 12.5. The van der Waals surface area contributed by atoms with Crippen molar-refractivity contribution in [2.45, 2.75) is 77.6 Å². The SMILES string of the molecule is CCCCCCCCCCCCc1ccc2ccccc2c1C=O. The fourth-order valence-corrected chi connectivity index (χ4v) is 3.50. The Balaban J connectivity index is 1.69. The van der Waals surface area contributed by atoms with Crippen LogP contribution in [0.5, 0.6) is 0 Å². The molecule has 2 aromatic rings. The van der Waals surface area contributed by atoms with E-state index < -0.39 is 0 Å². The van der Waals surface area contributed by atoms with Crippen LogP contribution in [0.15, 0.2) is 36.4 Å². The van der Waals surface area contributed by atoms with Crippen LogP contribution in [0.4, 0.5) is 0 Å². The highest BCUT2D eigenvalue weighted by Crippen LogP contribution is 2.23. The van der Waals surface area contributed by atoms with Crippen LogP contribution in [0.2, 0.25) is 0 Å². The average Bonchev–Trinajstić information content (AvgIpc) is 2.62. The highest BCUT2D eigenvalue weighted by molar-refractivity contribution is 5.99. The number of fused-ring (bicyclic) bond motifs is 1. The molecule has 0 aromatic heterocycles. The molecule has 1 nitrogen and oxygen atoms in total. The molecule has 24 heavy (non-hydrogen) atoms. The van der Waals surface area contributed by atoms with Gasteiger partial charge in [0.1, 0.15) is 0 Å². The van der Waals surface area contributed by atoms with Gasteiger partial charge in [0.05, 0.1) is 0 Å². The average molecular weight is 325 g/mol. The molecule has 130 valence electrons. The maximum absolute atomic E-state index is 11.5. The van der Waals surface area contributed by atoms with Crippen LogP contribution in [0.3, 0.4) is 0 Å². The predicted molar refractivity (Wildman–Crippen MR) is 105 cm³/mol. The molecule has 0 heterocycles. The van der Waals surface area contributed by atoms with Gasteiger partial charge in [-0.25, -0.2) is 0 Å². The van der Waals surface area contributed by atoms with Gasteiger partial charge >= 0.3 is 0 Å². The van der Waals surface area contributed by atoms with Crippen LogP contribution in [-0.4, -0.2) is 6.29 Å². The van der Waals surface area contributed by atoms with E-state index in [-0.39, 0.29) is 0 Å². The number of unbranched alkanes of at least 4 members (excludes halogenated alkanes) is 9. The fourth-order valence-electron chi connectivity index (χ4n) is 3.50. The molecule has 0 spiro atoms. The first-order valence-corrected chi connectivity index (χ1v) is 9.82. The van der Waals surface area contributed by atoms with Gasteiger partial charge in [0.25, 0.3) is 0 Å². The van der Waals surface area contributed by atoms with Gasteiger partial charge in [-0.05, 0) is 29.2 Å². The van der Waals surface area contributed by atoms with E-state index >= 15 is 0 Å². The number of carbonyl (C=O) groups is 1. The number of hydrogen-bond acceptors (Lipinski definition) is 1. The molecule has 0 aliphatic carbocycles. The van der Waals surface area contributed by atoms with Crippen molar-refractivity contribution in [3.8, 4) is 0 Å². The fraction of sp³-hybridized carbons (Fsp3) is 0.522. The van der Waals surface area contributed by atoms with Crippen molar-refractivity contribution in [3.63, 3.8) is 0 Å². The van der Waals surface area contributed by atoms with Crippen molar-refractivity contribution in [2.24, 2.45) is 0 Å². The molecule has 0 amide bonds. The number of hydrogen-bond donors (Lipinski definition) is 0. The number of aldehydes is 1. The lowest BCUT2D eigenvalue weighted by molar-refractivity contribution is 0.112. The molecule has 0 saturated carbocycles. The van der Waals surface area contributed by atoms with Crippen LogP contribution in [0.25, 0.3) is 10.8 Å². The Kier molecular flexibility index (Phi) is 8.59. The van der Waals surface area contributed by atoms with Crippen molar-refractivity contribution in [3.05, 3.63) is 47.5 Å². The van der Waals surface area contributed by atoms with E-state index in [0.29, 0.717) is 0 Å². The zero-order valence-electron chi connectivity index (χ0n) is 15.2. The summed E-state index contributed by atoms with van der Waals surface area (Å²) < 4.78 is 0. The molecule has 0 saturated heterocycles. The maximum atomic E-state index is 11.5. The molecule has 2 aromatic carbocycles. The molecule has 0 fully saturated rings. The molecule has 0 radical (unpaired) electrons. The van der Waals surface area contributed by atoms with E-state index in [1.165, 1.54) is 69.8 Å². The molecule has 0 atom stereocenters. The van der Waals surface area contributed by atoms with E-state index in [9.17, 15) is 4.79 Å². The number of aryl methyl sites for hydroxylation is 1. The van der Waals surface area contributed by atoms with E-state index in [1.54, 1.807) is 0 Å². The highest BCUT2D eigenvalue weighted by atomic mass is 16.1. The Morgan fingerprint density at radius 2 is 1.38 bits per heavy atom. The lowest BCUT2D eigenvalue weighted by Gasteiger charge is -2.08. The van der Waals surface area contributed by atoms with Crippen LogP contribution in [-0.2, 0) is 6.42 Å². The first-order chi connectivity index (χ1) is 11.9. The van der Waals surface area contributed by atoms with E-state index in [2.05, 4.69) is 31.2 Å². The molecule has 0 unspecified atom stereocenters. The highest BCUT2D eigenvalue weighted by Gasteiger charge is 2.06. The quantitative estimate of drug-likeness (QED) is 0.300. The standard InChI is InChI=1S/C23H32O/c1-2-3-4-5-6-7-8-9-10-11-14-21-18-17-20-15-12-13-16-22(20)23(21)19-24/h12-13,15-19H,2-11,14H2,1H3. The zero-order chi connectivity index (χ0) is 17.0. The summed E-state index contributed by atoms with van der Waals surface area (Å²) in [5.41, 5.74) is 2.10. The van der Waals surface area contributed by atoms with Gasteiger partial charge in [0.2, 0.25) is 0 Å². The van der Waals surface area contributed by atoms with E-state index in [0.717, 1.165) is 29.0 Å². The summed E-state index contributed by atoms with van der Waals surface area (Å²) in [5.74, 6) is 0. The largest absolute Gasteiger partial charge is 0.298 e. The second-order valence-electron chi connectivity index (χ2n) is 6.91. The smallest absolute Gasteiger partial charge is 0.150 e. The molecular formula is C23H32O. The molecule has 0 bridgehead atoms. The van der Waals surface area contributed by atoms with Gasteiger partial charge in [-0.15, -0.1) is 0 Å². The molecule has 0 aliphatic heterocycles. The Labute approximate surface area is 147 Å². The Morgan fingerprint density at radius 3 is 2.04 bits per heavy atom. The van der Waals surface area contributed by atoms with Gasteiger partial charge < -0.3 is 0 Å². The van der Waals surface area contributed by atoms with Crippen molar-refractivity contribution < 1.29 is 4.79 Å². The van der Waals surface area contributed by atoms with Crippen molar-refractivity contribution >= 4 is 17.1 Å². The minimum Gasteiger partial charge on any atom is -0.298 e. The van der Waals surface area contributed by atoms with Gasteiger partial charge in [-0.2, -0.15) is 0 Å². The lowest BCUT2D eigenvalue weighted by atomic mass is 9.96. The van der Waals surface area contributed by atoms with Crippen LogP contribution in [0.1, 0.15) is 87.1 Å². The van der Waals surface area contributed by atoms with Crippen LogP contribution >= 0.6 is 0 Å². The van der Waals surface area contributed by atoms with Crippen molar-refractivity contribution in [2.75, 3.05) is 0 Å². The summed E-state index contributed by atoms with van der Waals surface area (Å²) >= 11 is 0. The monoisotopic (exact) mass is 324 g/mol. The Hall–Kier alpha value is -1.63. The summed E-state index contributed by atoms with van der Waals surface area (Å²) in [4.78, 5) is 11.5. The van der Waals surface area contributed by atoms with Gasteiger partial charge in [-0.3, -0.25) is 4.79 Å². The van der Waals surface area contributed by atoms with Gasteiger partial charge in [-0.1, -0.05) is 101 Å². The van der Waals surface area contributed by atoms with Crippen LogP contribution in [0, 0.1) is 0 Å². The minimum atomic E-state index is 0.893. The van der Waals surface area contributed by atoms with Gasteiger partial charge in [0, 0.05) is 5.56 Å². The zero-order valence-corrected chi connectivity index (χ0v) is 15.2. The van der Waals surface area contributed by atoms with E-state index in [1.807, 2.05) is 12.1 Å². The minimum absolute atomic E-state index is 0.893. The summed E-state index contributed by atoms with van der Waals surface area (Å²) in [6.07, 6.45) is 15.6. The Bertz CT molecular complexity index is 614. The third kappa shape index (κ3) is 5.78. The maximum Gasteiger partial charge on any atom is 0.150 e. The third-order valence-electron chi connectivity index (χ3n) is 4.98. The van der Waals surface area contributed by atoms with Gasteiger partial charge in [0.15, 0.2) is 6.29 Å². The molecule has 0 N–H and O–H groups in total. The predicted octanol–water partition coefficient (Wildman–Crippen LogP) is 7.12. The Morgan fingerprint density at radius 1 is 0.750 bits per heavy atom. The lowest BCUT2D eigenvalue weighted by Crippen LogP contribution is -1.95. The third-order valence-corrected chi connectivity index (χ3v) is 4.98.